The molecule has 0 aromatic rings. The SMILES string of the molecule is CCCCCCC[C@H](O)[C@@H](C)C(=O)[C@H]1CCCNC(=O)C1. The molecule has 4 nitrogen and oxygen atoms in total. The number of amides is 1. The van der Waals surface area contributed by atoms with Gasteiger partial charge in [-0.15, -0.1) is 0 Å². The van der Waals surface area contributed by atoms with Gasteiger partial charge in [-0.2, -0.15) is 0 Å². The van der Waals surface area contributed by atoms with Crippen molar-refractivity contribution in [3.8, 4) is 0 Å². The lowest BCUT2D eigenvalue weighted by atomic mass is 9.84. The molecule has 0 unspecified atom stereocenters. The average molecular weight is 297 g/mol. The van der Waals surface area contributed by atoms with Crippen LogP contribution in [0.25, 0.3) is 0 Å². The summed E-state index contributed by atoms with van der Waals surface area (Å²) in [4.78, 5) is 24.0. The van der Waals surface area contributed by atoms with Crippen LogP contribution in [0.1, 0.15) is 71.6 Å². The summed E-state index contributed by atoms with van der Waals surface area (Å²) in [5.41, 5.74) is 0. The molecular formula is C17H31NO3. The highest BCUT2D eigenvalue weighted by molar-refractivity contribution is 5.89. The van der Waals surface area contributed by atoms with E-state index in [0.717, 1.165) is 25.7 Å². The lowest BCUT2D eigenvalue weighted by Gasteiger charge is -2.22. The smallest absolute Gasteiger partial charge is 0.220 e. The molecule has 0 bridgehead atoms. The van der Waals surface area contributed by atoms with Crippen molar-refractivity contribution in [3.05, 3.63) is 0 Å². The molecule has 0 aromatic carbocycles. The highest BCUT2D eigenvalue weighted by Crippen LogP contribution is 2.23. The van der Waals surface area contributed by atoms with Crippen molar-refractivity contribution >= 4 is 11.7 Å². The van der Waals surface area contributed by atoms with Crippen molar-refractivity contribution in [2.45, 2.75) is 77.7 Å². The maximum atomic E-state index is 12.4. The zero-order chi connectivity index (χ0) is 15.7. The molecule has 4 heteroatoms. The summed E-state index contributed by atoms with van der Waals surface area (Å²) in [6, 6.07) is 0. The van der Waals surface area contributed by atoms with Gasteiger partial charge in [0.2, 0.25) is 5.91 Å². The van der Waals surface area contributed by atoms with Gasteiger partial charge in [-0.05, 0) is 19.3 Å². The molecule has 0 aliphatic carbocycles. The third kappa shape index (κ3) is 6.60. The zero-order valence-electron chi connectivity index (χ0n) is 13.6. The summed E-state index contributed by atoms with van der Waals surface area (Å²) < 4.78 is 0. The minimum Gasteiger partial charge on any atom is -0.392 e. The van der Waals surface area contributed by atoms with Crippen molar-refractivity contribution in [1.82, 2.24) is 5.32 Å². The van der Waals surface area contributed by atoms with Gasteiger partial charge in [-0.3, -0.25) is 9.59 Å². The summed E-state index contributed by atoms with van der Waals surface area (Å²) in [6.45, 7) is 4.65. The molecule has 1 amide bonds. The molecule has 1 heterocycles. The standard InChI is InChI=1S/C17H31NO3/c1-3-4-5-6-7-10-15(19)13(2)17(21)14-9-8-11-18-16(20)12-14/h13-15,19H,3-12H2,1-2H3,(H,18,20)/t13-,14+,15+/m1/s1. The molecule has 2 N–H and O–H groups in total. The fourth-order valence-electron chi connectivity index (χ4n) is 2.99. The van der Waals surface area contributed by atoms with Crippen LogP contribution in [0, 0.1) is 11.8 Å². The van der Waals surface area contributed by atoms with E-state index in [1.165, 1.54) is 19.3 Å². The van der Waals surface area contributed by atoms with Crippen molar-refractivity contribution in [2.24, 2.45) is 11.8 Å². The van der Waals surface area contributed by atoms with Crippen LogP contribution in [0.15, 0.2) is 0 Å². The van der Waals surface area contributed by atoms with Crippen LogP contribution in [0.3, 0.4) is 0 Å². The van der Waals surface area contributed by atoms with Gasteiger partial charge in [-0.25, -0.2) is 0 Å². The van der Waals surface area contributed by atoms with E-state index in [1.807, 2.05) is 6.92 Å². The average Bonchev–Trinajstić information content (AvgIpc) is 2.69. The Bertz CT molecular complexity index is 330. The van der Waals surface area contributed by atoms with Gasteiger partial charge >= 0.3 is 0 Å². The second-order valence-electron chi connectivity index (χ2n) is 6.35. The molecule has 122 valence electrons. The molecule has 1 fully saturated rings. The summed E-state index contributed by atoms with van der Waals surface area (Å²) >= 11 is 0. The third-order valence-electron chi connectivity index (χ3n) is 4.52. The van der Waals surface area contributed by atoms with Gasteiger partial charge in [0.15, 0.2) is 0 Å². The molecular weight excluding hydrogens is 266 g/mol. The topological polar surface area (TPSA) is 66.4 Å². The number of nitrogens with one attached hydrogen (secondary N) is 1. The number of ketones is 1. The first-order valence-electron chi connectivity index (χ1n) is 8.54. The maximum absolute atomic E-state index is 12.4. The van der Waals surface area contributed by atoms with Crippen LogP contribution >= 0.6 is 0 Å². The van der Waals surface area contributed by atoms with Gasteiger partial charge in [-0.1, -0.05) is 46.0 Å². The zero-order valence-corrected chi connectivity index (χ0v) is 13.6. The molecule has 0 saturated carbocycles. The van der Waals surface area contributed by atoms with Crippen LogP contribution < -0.4 is 5.32 Å². The molecule has 0 spiro atoms. The second kappa shape index (κ2) is 9.93. The van der Waals surface area contributed by atoms with Gasteiger partial charge in [0.25, 0.3) is 0 Å². The minimum absolute atomic E-state index is 0.0351. The van der Waals surface area contributed by atoms with E-state index in [-0.39, 0.29) is 29.9 Å². The number of unbranched alkanes of at least 4 members (excludes halogenated alkanes) is 4. The molecule has 1 aliphatic heterocycles. The highest BCUT2D eigenvalue weighted by Gasteiger charge is 2.30. The lowest BCUT2D eigenvalue weighted by Crippen LogP contribution is -2.32. The van der Waals surface area contributed by atoms with Gasteiger partial charge < -0.3 is 10.4 Å². The van der Waals surface area contributed by atoms with Crippen molar-refractivity contribution in [1.29, 1.82) is 0 Å². The summed E-state index contributed by atoms with van der Waals surface area (Å²) in [5, 5.41) is 13.0. The largest absolute Gasteiger partial charge is 0.392 e. The van der Waals surface area contributed by atoms with Crippen molar-refractivity contribution in [3.63, 3.8) is 0 Å². The minimum atomic E-state index is -0.564. The number of carbonyl (C=O) groups excluding carboxylic acids is 2. The van der Waals surface area contributed by atoms with Gasteiger partial charge in [0, 0.05) is 24.8 Å². The lowest BCUT2D eigenvalue weighted by molar-refractivity contribution is -0.133. The fraction of sp³-hybridized carbons (Fsp3) is 0.882. The van der Waals surface area contributed by atoms with Crippen LogP contribution in [0.5, 0.6) is 0 Å². The van der Waals surface area contributed by atoms with E-state index in [2.05, 4.69) is 12.2 Å². The van der Waals surface area contributed by atoms with E-state index >= 15 is 0 Å². The third-order valence-corrected chi connectivity index (χ3v) is 4.52. The number of aliphatic hydroxyl groups excluding tert-OH is 1. The Kier molecular flexibility index (Phi) is 8.58. The number of Topliss-reactive ketones (excluding diaryl/α,β-unsaturated/α-hetero) is 1. The number of carbonyl (C=O) groups is 2. The summed E-state index contributed by atoms with van der Waals surface area (Å²) in [5.74, 6) is -0.537. The maximum Gasteiger partial charge on any atom is 0.220 e. The molecule has 1 saturated heterocycles. The monoisotopic (exact) mass is 297 g/mol. The van der Waals surface area contributed by atoms with Crippen LogP contribution in [0.4, 0.5) is 0 Å². The second-order valence-corrected chi connectivity index (χ2v) is 6.35. The molecule has 1 aliphatic rings. The molecule has 0 radical (unpaired) electrons. The Balaban J connectivity index is 2.35. The van der Waals surface area contributed by atoms with Crippen molar-refractivity contribution < 1.29 is 14.7 Å². The number of hydrogen-bond acceptors (Lipinski definition) is 3. The van der Waals surface area contributed by atoms with Crippen molar-refractivity contribution in [2.75, 3.05) is 6.54 Å². The number of rotatable bonds is 9. The van der Waals surface area contributed by atoms with E-state index < -0.39 is 6.10 Å². The molecule has 0 aromatic heterocycles. The number of aliphatic hydroxyl groups is 1. The summed E-state index contributed by atoms with van der Waals surface area (Å²) in [7, 11) is 0. The van der Waals surface area contributed by atoms with Crippen LogP contribution in [-0.4, -0.2) is 29.4 Å². The van der Waals surface area contributed by atoms with E-state index in [0.29, 0.717) is 13.0 Å². The van der Waals surface area contributed by atoms with Crippen LogP contribution in [-0.2, 0) is 9.59 Å². The molecule has 3 atom stereocenters. The Morgan fingerprint density at radius 3 is 2.76 bits per heavy atom. The van der Waals surface area contributed by atoms with E-state index in [1.54, 1.807) is 0 Å². The Labute approximate surface area is 128 Å². The first-order chi connectivity index (χ1) is 10.1. The van der Waals surface area contributed by atoms with Gasteiger partial charge in [0.1, 0.15) is 5.78 Å². The Morgan fingerprint density at radius 2 is 2.05 bits per heavy atom. The molecule has 21 heavy (non-hydrogen) atoms. The Hall–Kier alpha value is -0.900. The Morgan fingerprint density at radius 1 is 1.33 bits per heavy atom. The van der Waals surface area contributed by atoms with E-state index in [9.17, 15) is 14.7 Å². The predicted octanol–water partition coefficient (Wildman–Crippen LogP) is 2.83. The molecule has 1 rings (SSSR count). The predicted molar refractivity (Wildman–Crippen MR) is 83.9 cm³/mol. The van der Waals surface area contributed by atoms with Gasteiger partial charge in [0.05, 0.1) is 6.10 Å². The summed E-state index contributed by atoms with van der Waals surface area (Å²) in [6.07, 6.45) is 7.76. The first kappa shape index (κ1) is 18.1. The first-order valence-corrected chi connectivity index (χ1v) is 8.54. The highest BCUT2D eigenvalue weighted by atomic mass is 16.3. The quantitative estimate of drug-likeness (QED) is 0.643. The van der Waals surface area contributed by atoms with Crippen LogP contribution in [0.2, 0.25) is 0 Å². The van der Waals surface area contributed by atoms with E-state index in [4.69, 9.17) is 0 Å². The fourth-order valence-corrected chi connectivity index (χ4v) is 2.99. The number of hydrogen-bond donors (Lipinski definition) is 2. The normalized spacial score (nSPS) is 22.2.